The molecule has 0 amide bonds. The number of carbonyl (C=O) groups is 1. The van der Waals surface area contributed by atoms with E-state index in [9.17, 15) is 4.79 Å². The molecule has 2 heterocycles. The van der Waals surface area contributed by atoms with Crippen LogP contribution in [0.4, 0.5) is 0 Å². The number of imidazole rings is 1. The van der Waals surface area contributed by atoms with Crippen LogP contribution in [0.2, 0.25) is 0 Å². The molecule has 0 unspecified atom stereocenters. The molecule has 2 aromatic heterocycles. The van der Waals surface area contributed by atoms with Crippen molar-refractivity contribution in [3.63, 3.8) is 0 Å². The molecule has 0 radical (unpaired) electrons. The van der Waals surface area contributed by atoms with Crippen LogP contribution in [0, 0.1) is 0 Å². The first-order valence-electron chi connectivity index (χ1n) is 9.64. The third-order valence-electron chi connectivity index (χ3n) is 4.24. The molecule has 0 spiro atoms. The zero-order valence-corrected chi connectivity index (χ0v) is 16.8. The van der Waals surface area contributed by atoms with Gasteiger partial charge in [-0.2, -0.15) is 0 Å². The van der Waals surface area contributed by atoms with Gasteiger partial charge < -0.3 is 9.30 Å². The minimum Gasteiger partial charge on any atom is -0.464 e. The van der Waals surface area contributed by atoms with E-state index in [1.165, 1.54) is 58.3 Å². The lowest BCUT2D eigenvalue weighted by molar-refractivity contribution is -0.141. The fourth-order valence-electron chi connectivity index (χ4n) is 2.82. The quantitative estimate of drug-likeness (QED) is 0.219. The van der Waals surface area contributed by atoms with E-state index in [4.69, 9.17) is 4.74 Å². The summed E-state index contributed by atoms with van der Waals surface area (Å²) in [6, 6.07) is 0. The number of esters is 1. The van der Waals surface area contributed by atoms with Gasteiger partial charge in [-0.3, -0.25) is 4.79 Å². The third kappa shape index (κ3) is 6.94. The number of ether oxygens (including phenoxy) is 1. The van der Waals surface area contributed by atoms with Gasteiger partial charge in [-0.15, -0.1) is 11.8 Å². The van der Waals surface area contributed by atoms with Crippen LogP contribution in [0.15, 0.2) is 17.7 Å². The van der Waals surface area contributed by atoms with Gasteiger partial charge in [0.1, 0.15) is 23.5 Å². The molecule has 2 rings (SSSR count). The minimum atomic E-state index is -0.273. The van der Waals surface area contributed by atoms with Gasteiger partial charge in [0, 0.05) is 6.92 Å². The molecule has 0 fully saturated rings. The van der Waals surface area contributed by atoms with Gasteiger partial charge in [-0.25, -0.2) is 15.0 Å². The number of carbonyl (C=O) groups excluding carboxylic acids is 1. The predicted molar refractivity (Wildman–Crippen MR) is 105 cm³/mol. The van der Waals surface area contributed by atoms with E-state index >= 15 is 0 Å². The summed E-state index contributed by atoms with van der Waals surface area (Å²) in [6.45, 7) is 4.54. The Morgan fingerprint density at radius 3 is 2.54 bits per heavy atom. The van der Waals surface area contributed by atoms with Gasteiger partial charge >= 0.3 is 5.97 Å². The van der Waals surface area contributed by atoms with Crippen LogP contribution in [0.1, 0.15) is 65.2 Å². The molecule has 2 aromatic rings. The second-order valence-electron chi connectivity index (χ2n) is 6.45. The van der Waals surface area contributed by atoms with E-state index in [1.54, 1.807) is 24.4 Å². The number of aromatic nitrogens is 4. The maximum absolute atomic E-state index is 10.9. The first-order valence-corrected chi connectivity index (χ1v) is 10.6. The smallest absolute Gasteiger partial charge is 0.302 e. The second-order valence-corrected chi connectivity index (χ2v) is 7.54. The van der Waals surface area contributed by atoms with Crippen molar-refractivity contribution < 1.29 is 9.53 Å². The Balaban J connectivity index is 1.74. The molecule has 0 aliphatic carbocycles. The summed E-state index contributed by atoms with van der Waals surface area (Å²) in [4.78, 5) is 24.0. The molecule has 0 aliphatic heterocycles. The zero-order valence-electron chi connectivity index (χ0n) is 15.9. The van der Waals surface area contributed by atoms with Crippen LogP contribution >= 0.6 is 11.8 Å². The summed E-state index contributed by atoms with van der Waals surface area (Å²) in [5.74, 6) is 0.784. The third-order valence-corrected chi connectivity index (χ3v) is 5.31. The molecule has 144 valence electrons. The first-order chi connectivity index (χ1) is 12.7. The van der Waals surface area contributed by atoms with Crippen molar-refractivity contribution in [3.8, 4) is 0 Å². The maximum Gasteiger partial charge on any atom is 0.302 e. The highest BCUT2D eigenvalue weighted by atomic mass is 32.2. The van der Waals surface area contributed by atoms with Crippen LogP contribution in [0.25, 0.3) is 11.2 Å². The number of fused-ring (bicyclic) bond motifs is 1. The number of rotatable bonds is 13. The number of nitrogens with zero attached hydrogens (tertiary/aromatic N) is 4. The Labute approximate surface area is 160 Å². The largest absolute Gasteiger partial charge is 0.464 e. The molecular weight excluding hydrogens is 348 g/mol. The molecule has 26 heavy (non-hydrogen) atoms. The van der Waals surface area contributed by atoms with E-state index in [0.717, 1.165) is 21.9 Å². The van der Waals surface area contributed by atoms with Gasteiger partial charge in [-0.05, 0) is 12.2 Å². The van der Waals surface area contributed by atoms with Crippen molar-refractivity contribution in [2.24, 2.45) is 0 Å². The van der Waals surface area contributed by atoms with Crippen LogP contribution in [0.3, 0.4) is 0 Å². The van der Waals surface area contributed by atoms with Gasteiger partial charge in [0.2, 0.25) is 0 Å². The van der Waals surface area contributed by atoms with Crippen molar-refractivity contribution in [2.75, 3.05) is 12.4 Å². The van der Waals surface area contributed by atoms with Gasteiger partial charge in [0.25, 0.3) is 0 Å². The molecule has 6 nitrogen and oxygen atoms in total. The van der Waals surface area contributed by atoms with E-state index in [1.807, 2.05) is 4.57 Å². The molecule has 0 saturated carbocycles. The molecule has 0 atom stereocenters. The monoisotopic (exact) mass is 378 g/mol. The Morgan fingerprint density at radius 1 is 1.08 bits per heavy atom. The number of hydrogen-bond donors (Lipinski definition) is 0. The van der Waals surface area contributed by atoms with E-state index < -0.39 is 0 Å². The van der Waals surface area contributed by atoms with Crippen molar-refractivity contribution in [1.82, 2.24) is 19.5 Å². The van der Waals surface area contributed by atoms with Crippen molar-refractivity contribution in [3.05, 3.63) is 12.7 Å². The average molecular weight is 379 g/mol. The summed E-state index contributed by atoms with van der Waals surface area (Å²) >= 11 is 1.75. The Hall–Kier alpha value is -1.63. The van der Waals surface area contributed by atoms with Crippen molar-refractivity contribution in [1.29, 1.82) is 0 Å². The van der Waals surface area contributed by atoms with Gasteiger partial charge in [0.05, 0.1) is 12.9 Å². The SMILES string of the molecule is CCCCCCCCCCSc1ncnc2c1ncn2CCOC(C)=O. The highest BCUT2D eigenvalue weighted by molar-refractivity contribution is 7.99. The summed E-state index contributed by atoms with van der Waals surface area (Å²) < 4.78 is 6.89. The summed E-state index contributed by atoms with van der Waals surface area (Å²) in [5, 5.41) is 0.934. The lowest BCUT2D eigenvalue weighted by Crippen LogP contribution is -2.08. The molecule has 0 bridgehead atoms. The molecular formula is C19H30N4O2S. The van der Waals surface area contributed by atoms with E-state index in [2.05, 4.69) is 21.9 Å². The van der Waals surface area contributed by atoms with E-state index in [-0.39, 0.29) is 5.97 Å². The predicted octanol–water partition coefficient (Wildman–Crippen LogP) is 4.62. The standard InChI is InChI=1S/C19H30N4O2S/c1-3-4-5-6-7-8-9-10-13-26-19-17-18(20-14-21-19)23(15-22-17)11-12-25-16(2)24/h14-15H,3-13H2,1-2H3. The number of unbranched alkanes of at least 4 members (excludes halogenated alkanes) is 7. The second kappa shape index (κ2) is 11.9. The number of thioether (sulfide) groups is 1. The Bertz CT molecular complexity index is 675. The minimum absolute atomic E-state index is 0.273. The molecule has 7 heteroatoms. The molecule has 0 N–H and O–H groups in total. The molecule has 0 aliphatic rings. The maximum atomic E-state index is 10.9. The van der Waals surface area contributed by atoms with Gasteiger partial charge in [0.15, 0.2) is 5.65 Å². The van der Waals surface area contributed by atoms with E-state index in [0.29, 0.717) is 13.2 Å². The van der Waals surface area contributed by atoms with Crippen molar-refractivity contribution in [2.45, 2.75) is 76.8 Å². The molecule has 0 aromatic carbocycles. The van der Waals surface area contributed by atoms with Crippen molar-refractivity contribution >= 4 is 28.9 Å². The molecule has 0 saturated heterocycles. The fraction of sp³-hybridized carbons (Fsp3) is 0.684. The van der Waals surface area contributed by atoms with Crippen LogP contribution in [0.5, 0.6) is 0 Å². The van der Waals surface area contributed by atoms with Crippen LogP contribution < -0.4 is 0 Å². The Kier molecular flexibility index (Phi) is 9.45. The summed E-state index contributed by atoms with van der Waals surface area (Å²) in [6.07, 6.45) is 13.9. The zero-order chi connectivity index (χ0) is 18.6. The summed E-state index contributed by atoms with van der Waals surface area (Å²) in [5.41, 5.74) is 1.63. The lowest BCUT2D eigenvalue weighted by Gasteiger charge is -2.05. The average Bonchev–Trinajstić information content (AvgIpc) is 3.04. The Morgan fingerprint density at radius 2 is 1.81 bits per heavy atom. The lowest BCUT2D eigenvalue weighted by atomic mass is 10.1. The highest BCUT2D eigenvalue weighted by Gasteiger charge is 2.10. The van der Waals surface area contributed by atoms with Crippen LogP contribution in [-0.2, 0) is 16.1 Å². The highest BCUT2D eigenvalue weighted by Crippen LogP contribution is 2.24. The fourth-order valence-corrected chi connectivity index (χ4v) is 3.77. The first kappa shape index (κ1) is 20.7. The van der Waals surface area contributed by atoms with Crippen LogP contribution in [-0.4, -0.2) is 37.8 Å². The number of hydrogen-bond acceptors (Lipinski definition) is 6. The summed E-state index contributed by atoms with van der Waals surface area (Å²) in [7, 11) is 0. The topological polar surface area (TPSA) is 69.9 Å². The normalized spacial score (nSPS) is 11.2. The van der Waals surface area contributed by atoms with Gasteiger partial charge in [-0.1, -0.05) is 51.9 Å².